The van der Waals surface area contributed by atoms with Crippen molar-refractivity contribution in [3.8, 4) is 6.07 Å². The predicted molar refractivity (Wildman–Crippen MR) is 55.0 cm³/mol. The van der Waals surface area contributed by atoms with Gasteiger partial charge < -0.3 is 4.57 Å². The van der Waals surface area contributed by atoms with Crippen molar-refractivity contribution in [1.29, 1.82) is 5.26 Å². The molecule has 0 atom stereocenters. The molecule has 0 saturated carbocycles. The van der Waals surface area contributed by atoms with Crippen LogP contribution in [0.2, 0.25) is 0 Å². The molecule has 0 aliphatic heterocycles. The van der Waals surface area contributed by atoms with E-state index in [-0.39, 0.29) is 0 Å². The van der Waals surface area contributed by atoms with Crippen LogP contribution in [-0.2, 0) is 13.0 Å². The number of hydrogen-bond donors (Lipinski definition) is 0. The third-order valence-electron chi connectivity index (χ3n) is 1.99. The first-order chi connectivity index (χ1) is 6.90. The van der Waals surface area contributed by atoms with E-state index in [0.717, 1.165) is 13.0 Å². The SMILES string of the molecule is N#Cc1nccn1CCc1cccs1. The fourth-order valence-corrected chi connectivity index (χ4v) is 1.99. The molecule has 3 nitrogen and oxygen atoms in total. The molecule has 0 fully saturated rings. The van der Waals surface area contributed by atoms with Crippen molar-refractivity contribution in [2.24, 2.45) is 0 Å². The number of aryl methyl sites for hydroxylation is 2. The van der Waals surface area contributed by atoms with E-state index in [2.05, 4.69) is 22.5 Å². The molecule has 14 heavy (non-hydrogen) atoms. The Morgan fingerprint density at radius 2 is 2.50 bits per heavy atom. The highest BCUT2D eigenvalue weighted by atomic mass is 32.1. The van der Waals surface area contributed by atoms with Gasteiger partial charge in [-0.15, -0.1) is 11.3 Å². The summed E-state index contributed by atoms with van der Waals surface area (Å²) in [6.07, 6.45) is 4.46. The van der Waals surface area contributed by atoms with Crippen molar-refractivity contribution < 1.29 is 0 Å². The van der Waals surface area contributed by atoms with Gasteiger partial charge in [0.1, 0.15) is 6.07 Å². The first-order valence-electron chi connectivity index (χ1n) is 4.34. The number of rotatable bonds is 3. The first kappa shape index (κ1) is 8.97. The summed E-state index contributed by atoms with van der Waals surface area (Å²) in [6, 6.07) is 6.21. The monoisotopic (exact) mass is 203 g/mol. The number of aromatic nitrogens is 2. The van der Waals surface area contributed by atoms with Crippen LogP contribution >= 0.6 is 11.3 Å². The highest BCUT2D eigenvalue weighted by Gasteiger charge is 2.01. The quantitative estimate of drug-likeness (QED) is 0.766. The smallest absolute Gasteiger partial charge is 0.212 e. The van der Waals surface area contributed by atoms with Crippen molar-refractivity contribution in [2.45, 2.75) is 13.0 Å². The molecule has 2 heterocycles. The molecule has 0 bridgehead atoms. The van der Waals surface area contributed by atoms with Gasteiger partial charge in [-0.3, -0.25) is 0 Å². The fraction of sp³-hybridized carbons (Fsp3) is 0.200. The Balaban J connectivity index is 2.02. The Morgan fingerprint density at radius 3 is 3.21 bits per heavy atom. The van der Waals surface area contributed by atoms with Gasteiger partial charge in [0.25, 0.3) is 0 Å². The number of nitriles is 1. The molecule has 0 spiro atoms. The summed E-state index contributed by atoms with van der Waals surface area (Å²) in [5.41, 5.74) is 0. The standard InChI is InChI=1S/C10H9N3S/c11-8-10-12-4-6-13(10)5-3-9-2-1-7-14-9/h1-2,4,6-7H,3,5H2. The minimum absolute atomic E-state index is 0.488. The van der Waals surface area contributed by atoms with Crippen LogP contribution in [-0.4, -0.2) is 9.55 Å². The number of nitrogens with zero attached hydrogens (tertiary/aromatic N) is 3. The molecule has 0 aliphatic rings. The highest BCUT2D eigenvalue weighted by molar-refractivity contribution is 7.09. The van der Waals surface area contributed by atoms with Crippen LogP contribution < -0.4 is 0 Å². The summed E-state index contributed by atoms with van der Waals surface area (Å²) >= 11 is 1.74. The van der Waals surface area contributed by atoms with Gasteiger partial charge in [-0.05, 0) is 17.9 Å². The Morgan fingerprint density at radius 1 is 1.57 bits per heavy atom. The number of imidazole rings is 1. The third-order valence-corrected chi connectivity index (χ3v) is 2.93. The number of hydrogen-bond acceptors (Lipinski definition) is 3. The molecule has 4 heteroatoms. The second-order valence-electron chi connectivity index (χ2n) is 2.89. The minimum atomic E-state index is 0.488. The molecule has 2 rings (SSSR count). The Labute approximate surface area is 86.3 Å². The molecular weight excluding hydrogens is 194 g/mol. The molecule has 0 aliphatic carbocycles. The van der Waals surface area contributed by atoms with E-state index in [0.29, 0.717) is 5.82 Å². The van der Waals surface area contributed by atoms with E-state index >= 15 is 0 Å². The first-order valence-corrected chi connectivity index (χ1v) is 5.22. The van der Waals surface area contributed by atoms with Gasteiger partial charge in [-0.2, -0.15) is 5.26 Å². The van der Waals surface area contributed by atoms with E-state index in [1.165, 1.54) is 4.88 Å². The lowest BCUT2D eigenvalue weighted by atomic mass is 10.3. The summed E-state index contributed by atoms with van der Waals surface area (Å²) in [4.78, 5) is 5.28. The van der Waals surface area contributed by atoms with Gasteiger partial charge in [0, 0.05) is 23.8 Å². The van der Waals surface area contributed by atoms with Crippen LogP contribution in [0.5, 0.6) is 0 Å². The fourth-order valence-electron chi connectivity index (χ4n) is 1.29. The molecule has 2 aromatic rings. The van der Waals surface area contributed by atoms with E-state index in [9.17, 15) is 0 Å². The Kier molecular flexibility index (Phi) is 2.61. The normalized spacial score (nSPS) is 9.93. The summed E-state index contributed by atoms with van der Waals surface area (Å²) in [5.74, 6) is 0.488. The van der Waals surface area contributed by atoms with E-state index < -0.39 is 0 Å². The van der Waals surface area contributed by atoms with Crippen LogP contribution in [0.25, 0.3) is 0 Å². The van der Waals surface area contributed by atoms with Crippen LogP contribution in [0.3, 0.4) is 0 Å². The summed E-state index contributed by atoms with van der Waals surface area (Å²) in [5, 5.41) is 10.8. The molecule has 0 N–H and O–H groups in total. The molecule has 2 aromatic heterocycles. The molecule has 70 valence electrons. The Bertz CT molecular complexity index is 436. The van der Waals surface area contributed by atoms with Gasteiger partial charge in [-0.25, -0.2) is 4.98 Å². The van der Waals surface area contributed by atoms with Gasteiger partial charge in [0.05, 0.1) is 0 Å². The van der Waals surface area contributed by atoms with Crippen LogP contribution in [0.4, 0.5) is 0 Å². The minimum Gasteiger partial charge on any atom is -0.322 e. The summed E-state index contributed by atoms with van der Waals surface area (Å²) < 4.78 is 1.87. The van der Waals surface area contributed by atoms with E-state index in [4.69, 9.17) is 5.26 Å². The lowest BCUT2D eigenvalue weighted by molar-refractivity contribution is 0.691. The van der Waals surface area contributed by atoms with E-state index in [1.54, 1.807) is 17.5 Å². The van der Waals surface area contributed by atoms with Gasteiger partial charge >= 0.3 is 0 Å². The topological polar surface area (TPSA) is 41.6 Å². The van der Waals surface area contributed by atoms with Crippen LogP contribution in [0.1, 0.15) is 10.7 Å². The average Bonchev–Trinajstić information content (AvgIpc) is 2.85. The second kappa shape index (κ2) is 4.07. The summed E-state index contributed by atoms with van der Waals surface area (Å²) in [7, 11) is 0. The predicted octanol–water partition coefficient (Wildman–Crippen LogP) is 2.06. The van der Waals surface area contributed by atoms with Crippen molar-refractivity contribution in [3.63, 3.8) is 0 Å². The molecular formula is C10H9N3S. The largest absolute Gasteiger partial charge is 0.322 e. The molecule has 0 saturated heterocycles. The second-order valence-corrected chi connectivity index (χ2v) is 3.92. The third kappa shape index (κ3) is 1.83. The maximum atomic E-state index is 8.73. The van der Waals surface area contributed by atoms with Crippen molar-refractivity contribution in [2.75, 3.05) is 0 Å². The molecule has 0 amide bonds. The maximum absolute atomic E-state index is 8.73. The maximum Gasteiger partial charge on any atom is 0.212 e. The molecule has 0 aromatic carbocycles. The van der Waals surface area contributed by atoms with Crippen molar-refractivity contribution >= 4 is 11.3 Å². The molecule has 0 unspecified atom stereocenters. The highest BCUT2D eigenvalue weighted by Crippen LogP contribution is 2.10. The van der Waals surface area contributed by atoms with E-state index in [1.807, 2.05) is 16.8 Å². The zero-order chi connectivity index (χ0) is 9.80. The van der Waals surface area contributed by atoms with Gasteiger partial charge in [0.15, 0.2) is 0 Å². The zero-order valence-corrected chi connectivity index (χ0v) is 8.37. The van der Waals surface area contributed by atoms with Crippen LogP contribution in [0.15, 0.2) is 29.9 Å². The lowest BCUT2D eigenvalue weighted by Crippen LogP contribution is -2.01. The Hall–Kier alpha value is -1.60. The van der Waals surface area contributed by atoms with Gasteiger partial charge in [0.2, 0.25) is 5.82 Å². The number of thiophene rings is 1. The zero-order valence-electron chi connectivity index (χ0n) is 7.55. The van der Waals surface area contributed by atoms with Crippen LogP contribution in [0, 0.1) is 11.3 Å². The van der Waals surface area contributed by atoms with Gasteiger partial charge in [-0.1, -0.05) is 6.07 Å². The molecule has 0 radical (unpaired) electrons. The summed E-state index contributed by atoms with van der Waals surface area (Å²) in [6.45, 7) is 0.823. The average molecular weight is 203 g/mol. The van der Waals surface area contributed by atoms with Crippen molar-refractivity contribution in [3.05, 3.63) is 40.6 Å². The van der Waals surface area contributed by atoms with Crippen molar-refractivity contribution in [1.82, 2.24) is 9.55 Å². The lowest BCUT2D eigenvalue weighted by Gasteiger charge is -2.00.